The SMILES string of the molecule is N#Cc1ncccc1CS(=O)(=O)c1ccc2c(c1)CCC2. The first-order valence-electron chi connectivity index (χ1n) is 6.79. The van der Waals surface area contributed by atoms with Crippen molar-refractivity contribution in [1.82, 2.24) is 4.98 Å². The maximum atomic E-state index is 12.5. The van der Waals surface area contributed by atoms with Crippen LogP contribution in [0.4, 0.5) is 0 Å². The second-order valence-corrected chi connectivity index (χ2v) is 7.16. The molecular formula is C16H14N2O2S. The zero-order valence-corrected chi connectivity index (χ0v) is 12.2. The third kappa shape index (κ3) is 2.67. The summed E-state index contributed by atoms with van der Waals surface area (Å²) in [6.45, 7) is 0. The van der Waals surface area contributed by atoms with Crippen LogP contribution in [0, 0.1) is 11.3 Å². The average Bonchev–Trinajstić information content (AvgIpc) is 2.95. The third-order valence-corrected chi connectivity index (χ3v) is 5.43. The first-order valence-corrected chi connectivity index (χ1v) is 8.44. The van der Waals surface area contributed by atoms with Crippen molar-refractivity contribution >= 4 is 9.84 Å². The monoisotopic (exact) mass is 298 g/mol. The molecule has 21 heavy (non-hydrogen) atoms. The molecule has 1 heterocycles. The van der Waals surface area contributed by atoms with Crippen LogP contribution in [0.1, 0.15) is 28.8 Å². The van der Waals surface area contributed by atoms with Gasteiger partial charge in [0.1, 0.15) is 11.8 Å². The Bertz CT molecular complexity index is 836. The van der Waals surface area contributed by atoms with Gasteiger partial charge in [0.2, 0.25) is 0 Å². The minimum Gasteiger partial charge on any atom is -0.245 e. The van der Waals surface area contributed by atoms with Gasteiger partial charge in [-0.2, -0.15) is 5.26 Å². The molecule has 0 saturated carbocycles. The molecule has 0 bridgehead atoms. The Morgan fingerprint density at radius 2 is 2.00 bits per heavy atom. The van der Waals surface area contributed by atoms with Crippen molar-refractivity contribution in [3.8, 4) is 6.07 Å². The highest BCUT2D eigenvalue weighted by atomic mass is 32.2. The van der Waals surface area contributed by atoms with Crippen LogP contribution >= 0.6 is 0 Å². The highest BCUT2D eigenvalue weighted by Gasteiger charge is 2.20. The van der Waals surface area contributed by atoms with Crippen molar-refractivity contribution in [2.24, 2.45) is 0 Å². The number of nitrogens with zero attached hydrogens (tertiary/aromatic N) is 2. The standard InChI is InChI=1S/C16H14N2O2S/c17-10-16-14(5-2-8-18-16)11-21(19,20)15-7-6-12-3-1-4-13(12)9-15/h2,5-9H,1,3-4,11H2. The van der Waals surface area contributed by atoms with Gasteiger partial charge >= 0.3 is 0 Å². The Morgan fingerprint density at radius 3 is 2.81 bits per heavy atom. The average molecular weight is 298 g/mol. The summed E-state index contributed by atoms with van der Waals surface area (Å²) in [5.41, 5.74) is 2.98. The number of hydrogen-bond acceptors (Lipinski definition) is 4. The number of benzene rings is 1. The maximum Gasteiger partial charge on any atom is 0.182 e. The van der Waals surface area contributed by atoms with Gasteiger partial charge in [0, 0.05) is 11.8 Å². The number of fused-ring (bicyclic) bond motifs is 1. The number of pyridine rings is 1. The largest absolute Gasteiger partial charge is 0.245 e. The molecule has 1 aliphatic carbocycles. The van der Waals surface area contributed by atoms with Gasteiger partial charge in [-0.1, -0.05) is 12.1 Å². The van der Waals surface area contributed by atoms with E-state index in [0.29, 0.717) is 10.5 Å². The van der Waals surface area contributed by atoms with E-state index >= 15 is 0 Å². The fraction of sp³-hybridized carbons (Fsp3) is 0.250. The van der Waals surface area contributed by atoms with Crippen LogP contribution in [-0.2, 0) is 28.4 Å². The van der Waals surface area contributed by atoms with Gasteiger partial charge in [-0.05, 0) is 48.6 Å². The van der Waals surface area contributed by atoms with Gasteiger partial charge in [0.05, 0.1) is 10.6 Å². The topological polar surface area (TPSA) is 70.8 Å². The van der Waals surface area contributed by atoms with E-state index in [1.165, 1.54) is 11.8 Å². The Labute approximate surface area is 124 Å². The van der Waals surface area contributed by atoms with Crippen LogP contribution in [0.5, 0.6) is 0 Å². The van der Waals surface area contributed by atoms with Crippen LogP contribution in [-0.4, -0.2) is 13.4 Å². The fourth-order valence-corrected chi connectivity index (χ4v) is 4.09. The van der Waals surface area contributed by atoms with Gasteiger partial charge in [-0.3, -0.25) is 0 Å². The molecule has 2 aromatic rings. The Kier molecular flexibility index (Phi) is 3.48. The molecule has 0 saturated heterocycles. The summed E-state index contributed by atoms with van der Waals surface area (Å²) < 4.78 is 25.1. The summed E-state index contributed by atoms with van der Waals surface area (Å²) in [6, 6.07) is 10.6. The second-order valence-electron chi connectivity index (χ2n) is 5.17. The molecule has 0 aliphatic heterocycles. The first kappa shape index (κ1) is 13.8. The summed E-state index contributed by atoms with van der Waals surface area (Å²) in [5.74, 6) is -0.192. The molecule has 1 aromatic carbocycles. The molecule has 0 spiro atoms. The summed E-state index contributed by atoms with van der Waals surface area (Å²) in [7, 11) is -3.46. The number of aryl methyl sites for hydroxylation is 2. The minimum atomic E-state index is -3.46. The highest BCUT2D eigenvalue weighted by Crippen LogP contribution is 2.26. The van der Waals surface area contributed by atoms with E-state index in [1.807, 2.05) is 12.1 Å². The number of hydrogen-bond donors (Lipinski definition) is 0. The van der Waals surface area contributed by atoms with E-state index < -0.39 is 9.84 Å². The Balaban J connectivity index is 1.96. The van der Waals surface area contributed by atoms with Crippen LogP contribution in [0.2, 0.25) is 0 Å². The van der Waals surface area contributed by atoms with Crippen molar-refractivity contribution in [2.75, 3.05) is 0 Å². The molecule has 106 valence electrons. The van der Waals surface area contributed by atoms with Crippen LogP contribution in [0.25, 0.3) is 0 Å². The predicted molar refractivity (Wildman–Crippen MR) is 78.3 cm³/mol. The molecule has 5 heteroatoms. The lowest BCUT2D eigenvalue weighted by Crippen LogP contribution is -2.07. The van der Waals surface area contributed by atoms with Crippen molar-refractivity contribution in [3.05, 3.63) is 58.9 Å². The van der Waals surface area contributed by atoms with Gasteiger partial charge < -0.3 is 0 Å². The number of aromatic nitrogens is 1. The van der Waals surface area contributed by atoms with Crippen LogP contribution < -0.4 is 0 Å². The van der Waals surface area contributed by atoms with Crippen molar-refractivity contribution in [2.45, 2.75) is 29.9 Å². The molecule has 3 rings (SSSR count). The lowest BCUT2D eigenvalue weighted by atomic mass is 10.1. The highest BCUT2D eigenvalue weighted by molar-refractivity contribution is 7.90. The van der Waals surface area contributed by atoms with Gasteiger partial charge in [-0.15, -0.1) is 0 Å². The molecule has 0 unspecified atom stereocenters. The molecular weight excluding hydrogens is 284 g/mol. The number of rotatable bonds is 3. The molecule has 0 N–H and O–H groups in total. The number of nitriles is 1. The van der Waals surface area contributed by atoms with Gasteiger partial charge in [0.15, 0.2) is 9.84 Å². The van der Waals surface area contributed by atoms with E-state index in [2.05, 4.69) is 4.98 Å². The minimum absolute atomic E-state index is 0.169. The molecule has 0 fully saturated rings. The molecule has 1 aliphatic rings. The maximum absolute atomic E-state index is 12.5. The molecule has 0 atom stereocenters. The lowest BCUT2D eigenvalue weighted by Gasteiger charge is -2.07. The van der Waals surface area contributed by atoms with Gasteiger partial charge in [-0.25, -0.2) is 13.4 Å². The van der Waals surface area contributed by atoms with Crippen molar-refractivity contribution in [3.63, 3.8) is 0 Å². The normalized spacial score (nSPS) is 13.7. The first-order chi connectivity index (χ1) is 10.1. The van der Waals surface area contributed by atoms with Crippen molar-refractivity contribution < 1.29 is 8.42 Å². The van der Waals surface area contributed by atoms with Gasteiger partial charge in [0.25, 0.3) is 0 Å². The fourth-order valence-electron chi connectivity index (χ4n) is 2.69. The lowest BCUT2D eigenvalue weighted by molar-refractivity contribution is 0.595. The van der Waals surface area contributed by atoms with Crippen molar-refractivity contribution in [1.29, 1.82) is 5.26 Å². The summed E-state index contributed by atoms with van der Waals surface area (Å²) in [6.07, 6.45) is 4.54. The third-order valence-electron chi connectivity index (χ3n) is 3.77. The summed E-state index contributed by atoms with van der Waals surface area (Å²) >= 11 is 0. The van der Waals surface area contributed by atoms with Crippen LogP contribution in [0.15, 0.2) is 41.4 Å². The predicted octanol–water partition coefficient (Wildman–Crippen LogP) is 2.42. The molecule has 0 radical (unpaired) electrons. The van der Waals surface area contributed by atoms with Crippen LogP contribution in [0.3, 0.4) is 0 Å². The zero-order chi connectivity index (χ0) is 14.9. The molecule has 1 aromatic heterocycles. The quantitative estimate of drug-likeness (QED) is 0.872. The van der Waals surface area contributed by atoms with E-state index in [0.717, 1.165) is 24.8 Å². The summed E-state index contributed by atoms with van der Waals surface area (Å²) in [4.78, 5) is 4.24. The van der Waals surface area contributed by atoms with E-state index in [-0.39, 0.29) is 11.4 Å². The zero-order valence-electron chi connectivity index (χ0n) is 11.4. The Hall–Kier alpha value is -2.19. The smallest absolute Gasteiger partial charge is 0.182 e. The molecule has 4 nitrogen and oxygen atoms in total. The van der Waals surface area contributed by atoms with E-state index in [4.69, 9.17) is 5.26 Å². The molecule has 0 amide bonds. The van der Waals surface area contributed by atoms with E-state index in [9.17, 15) is 8.42 Å². The Morgan fingerprint density at radius 1 is 1.19 bits per heavy atom. The number of sulfone groups is 1. The van der Waals surface area contributed by atoms with E-state index in [1.54, 1.807) is 24.3 Å². The summed E-state index contributed by atoms with van der Waals surface area (Å²) in [5, 5.41) is 9.01. The second kappa shape index (κ2) is 5.30.